The normalized spacial score (nSPS) is 20.2. The fourth-order valence-corrected chi connectivity index (χ4v) is 3.31. The molecule has 1 aromatic rings. The van der Waals surface area contributed by atoms with Gasteiger partial charge in [-0.25, -0.2) is 8.42 Å². The van der Waals surface area contributed by atoms with E-state index in [0.717, 1.165) is 18.5 Å². The Labute approximate surface area is 90.0 Å². The van der Waals surface area contributed by atoms with Crippen molar-refractivity contribution >= 4 is 15.7 Å². The number of rotatable bonds is 1. The molecule has 0 atom stereocenters. The number of hydrogen-bond acceptors (Lipinski definition) is 3. The average molecular weight is 226 g/mol. The lowest BCUT2D eigenvalue weighted by molar-refractivity contribution is 0.574. The molecule has 0 radical (unpaired) electrons. The maximum atomic E-state index is 11.8. The molecule has 0 bridgehead atoms. The second-order valence-corrected chi connectivity index (χ2v) is 5.77. The molecule has 0 unspecified atom stereocenters. The van der Waals surface area contributed by atoms with Gasteiger partial charge < -0.3 is 0 Å². The Kier molecular flexibility index (Phi) is 2.65. The van der Waals surface area contributed by atoms with Crippen LogP contribution in [0, 0.1) is 6.92 Å². The van der Waals surface area contributed by atoms with Crippen LogP contribution in [-0.2, 0) is 10.0 Å². The minimum absolute atomic E-state index is 0.251. The molecule has 4 nitrogen and oxygen atoms in total. The predicted molar refractivity (Wildman–Crippen MR) is 59.3 cm³/mol. The summed E-state index contributed by atoms with van der Waals surface area (Å²) in [6, 6.07) is 3.64. The fraction of sp³-hybridized carbons (Fsp3) is 0.500. The van der Waals surface area contributed by atoms with Crippen LogP contribution in [0.5, 0.6) is 0 Å². The standard InChI is InChI=1S/C10H14N2O2S/c1-9-4-5-10(8-11-9)12-6-2-3-7-15(12,13)14/h4-5,8H,2-3,6-7H2,1H3. The van der Waals surface area contributed by atoms with Crippen molar-refractivity contribution in [3.05, 3.63) is 24.0 Å². The Morgan fingerprint density at radius 2 is 2.13 bits per heavy atom. The fourth-order valence-electron chi connectivity index (χ4n) is 1.69. The number of anilines is 1. The smallest absolute Gasteiger partial charge is 0.235 e. The van der Waals surface area contributed by atoms with E-state index in [0.29, 0.717) is 12.2 Å². The summed E-state index contributed by atoms with van der Waals surface area (Å²) in [7, 11) is -3.10. The first-order valence-corrected chi connectivity index (χ1v) is 6.63. The third kappa shape index (κ3) is 2.12. The highest BCUT2D eigenvalue weighted by Crippen LogP contribution is 2.22. The zero-order chi connectivity index (χ0) is 10.9. The van der Waals surface area contributed by atoms with Gasteiger partial charge in [-0.2, -0.15) is 0 Å². The van der Waals surface area contributed by atoms with Gasteiger partial charge in [-0.15, -0.1) is 0 Å². The molecule has 2 heterocycles. The highest BCUT2D eigenvalue weighted by atomic mass is 32.2. The molecule has 1 aromatic heterocycles. The molecule has 0 aliphatic carbocycles. The van der Waals surface area contributed by atoms with Crippen LogP contribution in [0.3, 0.4) is 0 Å². The Morgan fingerprint density at radius 1 is 1.33 bits per heavy atom. The van der Waals surface area contributed by atoms with Crippen LogP contribution in [0.2, 0.25) is 0 Å². The summed E-state index contributed by atoms with van der Waals surface area (Å²) in [5, 5.41) is 0. The molecule has 1 aliphatic rings. The van der Waals surface area contributed by atoms with Crippen molar-refractivity contribution in [1.29, 1.82) is 0 Å². The van der Waals surface area contributed by atoms with E-state index in [1.54, 1.807) is 6.20 Å². The molecule has 1 aliphatic heterocycles. The number of aryl methyl sites for hydroxylation is 1. The van der Waals surface area contributed by atoms with E-state index < -0.39 is 10.0 Å². The van der Waals surface area contributed by atoms with Crippen molar-refractivity contribution in [2.45, 2.75) is 19.8 Å². The first-order chi connectivity index (χ1) is 7.09. The maximum absolute atomic E-state index is 11.8. The minimum Gasteiger partial charge on any atom is -0.269 e. The van der Waals surface area contributed by atoms with Crippen molar-refractivity contribution in [2.75, 3.05) is 16.6 Å². The van der Waals surface area contributed by atoms with E-state index in [1.165, 1.54) is 4.31 Å². The van der Waals surface area contributed by atoms with E-state index >= 15 is 0 Å². The minimum atomic E-state index is -3.10. The SMILES string of the molecule is Cc1ccc(N2CCCCS2(=O)=O)cn1. The third-order valence-electron chi connectivity index (χ3n) is 2.53. The molecule has 82 valence electrons. The Bertz CT molecular complexity index is 439. The quantitative estimate of drug-likeness (QED) is 0.725. The largest absolute Gasteiger partial charge is 0.269 e. The van der Waals surface area contributed by atoms with Crippen molar-refractivity contribution < 1.29 is 8.42 Å². The number of sulfonamides is 1. The highest BCUT2D eigenvalue weighted by molar-refractivity contribution is 7.92. The second kappa shape index (κ2) is 3.81. The first-order valence-electron chi connectivity index (χ1n) is 5.03. The van der Waals surface area contributed by atoms with Crippen LogP contribution in [0.25, 0.3) is 0 Å². The van der Waals surface area contributed by atoms with Gasteiger partial charge in [-0.3, -0.25) is 9.29 Å². The van der Waals surface area contributed by atoms with Gasteiger partial charge in [0, 0.05) is 12.2 Å². The summed E-state index contributed by atoms with van der Waals surface area (Å²) in [6.07, 6.45) is 3.31. The van der Waals surface area contributed by atoms with Crippen LogP contribution >= 0.6 is 0 Å². The number of hydrogen-bond donors (Lipinski definition) is 0. The lowest BCUT2D eigenvalue weighted by atomic mass is 10.3. The van der Waals surface area contributed by atoms with Crippen molar-refractivity contribution in [3.8, 4) is 0 Å². The van der Waals surface area contributed by atoms with Gasteiger partial charge in [0.15, 0.2) is 0 Å². The van der Waals surface area contributed by atoms with Crippen LogP contribution in [0.1, 0.15) is 18.5 Å². The summed E-state index contributed by atoms with van der Waals surface area (Å²) >= 11 is 0. The summed E-state index contributed by atoms with van der Waals surface area (Å²) < 4.78 is 25.0. The van der Waals surface area contributed by atoms with Gasteiger partial charge in [0.2, 0.25) is 10.0 Å². The van der Waals surface area contributed by atoms with Gasteiger partial charge in [0.25, 0.3) is 0 Å². The van der Waals surface area contributed by atoms with Crippen LogP contribution in [0.15, 0.2) is 18.3 Å². The zero-order valence-electron chi connectivity index (χ0n) is 8.68. The molecular weight excluding hydrogens is 212 g/mol. The molecule has 0 spiro atoms. The molecule has 0 amide bonds. The third-order valence-corrected chi connectivity index (χ3v) is 4.40. The van der Waals surface area contributed by atoms with Crippen molar-refractivity contribution in [3.63, 3.8) is 0 Å². The molecule has 15 heavy (non-hydrogen) atoms. The van der Waals surface area contributed by atoms with Crippen LogP contribution < -0.4 is 4.31 Å². The molecule has 1 saturated heterocycles. The van der Waals surface area contributed by atoms with E-state index in [9.17, 15) is 8.42 Å². The lowest BCUT2D eigenvalue weighted by Gasteiger charge is -2.27. The van der Waals surface area contributed by atoms with E-state index in [4.69, 9.17) is 0 Å². The zero-order valence-corrected chi connectivity index (χ0v) is 9.50. The molecule has 0 saturated carbocycles. The van der Waals surface area contributed by atoms with E-state index in [-0.39, 0.29) is 5.75 Å². The predicted octanol–water partition coefficient (Wildman–Crippen LogP) is 1.32. The lowest BCUT2D eigenvalue weighted by Crippen LogP contribution is -2.37. The summed E-state index contributed by atoms with van der Waals surface area (Å²) in [5.74, 6) is 0.251. The molecule has 2 rings (SSSR count). The number of aromatic nitrogens is 1. The molecule has 0 N–H and O–H groups in total. The highest BCUT2D eigenvalue weighted by Gasteiger charge is 2.25. The van der Waals surface area contributed by atoms with Gasteiger partial charge in [-0.05, 0) is 31.9 Å². The summed E-state index contributed by atoms with van der Waals surface area (Å²) in [6.45, 7) is 2.46. The molecule has 1 fully saturated rings. The van der Waals surface area contributed by atoms with E-state index in [1.807, 2.05) is 19.1 Å². The average Bonchev–Trinajstić information content (AvgIpc) is 2.19. The Balaban J connectivity index is 2.33. The van der Waals surface area contributed by atoms with Gasteiger partial charge in [0.05, 0.1) is 17.6 Å². The molecule has 0 aromatic carbocycles. The number of pyridine rings is 1. The number of nitrogens with zero attached hydrogens (tertiary/aromatic N) is 2. The molecule has 5 heteroatoms. The van der Waals surface area contributed by atoms with E-state index in [2.05, 4.69) is 4.98 Å². The summed E-state index contributed by atoms with van der Waals surface area (Å²) in [5.41, 5.74) is 1.58. The van der Waals surface area contributed by atoms with Gasteiger partial charge in [-0.1, -0.05) is 0 Å². The Hall–Kier alpha value is -1.10. The summed E-state index contributed by atoms with van der Waals surface area (Å²) in [4.78, 5) is 4.11. The van der Waals surface area contributed by atoms with Crippen molar-refractivity contribution in [2.24, 2.45) is 0 Å². The van der Waals surface area contributed by atoms with Crippen LogP contribution in [-0.4, -0.2) is 25.7 Å². The van der Waals surface area contributed by atoms with Crippen LogP contribution in [0.4, 0.5) is 5.69 Å². The second-order valence-electron chi connectivity index (χ2n) is 3.75. The Morgan fingerprint density at radius 3 is 2.73 bits per heavy atom. The monoisotopic (exact) mass is 226 g/mol. The molecular formula is C10H14N2O2S. The van der Waals surface area contributed by atoms with Gasteiger partial charge in [0.1, 0.15) is 0 Å². The van der Waals surface area contributed by atoms with Crippen molar-refractivity contribution in [1.82, 2.24) is 4.98 Å². The first kappa shape index (κ1) is 10.4. The maximum Gasteiger partial charge on any atom is 0.235 e. The van der Waals surface area contributed by atoms with Gasteiger partial charge >= 0.3 is 0 Å². The topological polar surface area (TPSA) is 50.3 Å².